The van der Waals surface area contributed by atoms with E-state index < -0.39 is 0 Å². The van der Waals surface area contributed by atoms with Gasteiger partial charge in [0.15, 0.2) is 0 Å². The molecule has 3 heterocycles. The van der Waals surface area contributed by atoms with Gasteiger partial charge in [0.2, 0.25) is 0 Å². The SMILES string of the molecule is Nc1cncc(Br)c1N1CCC(N2CCOCC2)C1. The van der Waals surface area contributed by atoms with E-state index in [0.717, 1.165) is 55.2 Å². The molecule has 2 saturated heterocycles. The summed E-state index contributed by atoms with van der Waals surface area (Å²) in [6, 6.07) is 0.614. The van der Waals surface area contributed by atoms with Crippen LogP contribution in [0.5, 0.6) is 0 Å². The van der Waals surface area contributed by atoms with Gasteiger partial charge in [0.25, 0.3) is 0 Å². The van der Waals surface area contributed by atoms with E-state index >= 15 is 0 Å². The van der Waals surface area contributed by atoms with Crippen LogP contribution in [-0.2, 0) is 4.74 Å². The minimum Gasteiger partial charge on any atom is -0.396 e. The Kier molecular flexibility index (Phi) is 3.91. The molecule has 0 radical (unpaired) electrons. The Morgan fingerprint density at radius 1 is 1.26 bits per heavy atom. The molecule has 2 aliphatic rings. The lowest BCUT2D eigenvalue weighted by Gasteiger charge is -2.32. The quantitative estimate of drug-likeness (QED) is 0.888. The summed E-state index contributed by atoms with van der Waals surface area (Å²) in [6.07, 6.45) is 4.73. The molecule has 0 saturated carbocycles. The van der Waals surface area contributed by atoms with Crippen LogP contribution in [0.25, 0.3) is 0 Å². The van der Waals surface area contributed by atoms with Gasteiger partial charge >= 0.3 is 0 Å². The van der Waals surface area contributed by atoms with E-state index in [2.05, 4.69) is 30.7 Å². The van der Waals surface area contributed by atoms with Crippen LogP contribution in [-0.4, -0.2) is 55.3 Å². The van der Waals surface area contributed by atoms with E-state index in [1.165, 1.54) is 6.42 Å². The van der Waals surface area contributed by atoms with Gasteiger partial charge in [0.1, 0.15) is 0 Å². The Morgan fingerprint density at radius 3 is 2.79 bits per heavy atom. The average Bonchev–Trinajstić information content (AvgIpc) is 2.89. The maximum absolute atomic E-state index is 6.06. The standard InChI is InChI=1S/C13H19BrN4O/c14-11-7-16-8-12(15)13(11)18-2-1-10(9-18)17-3-5-19-6-4-17/h7-8,10H,1-6,9,15H2. The molecule has 1 aromatic rings. The number of pyridine rings is 1. The Balaban J connectivity index is 1.71. The van der Waals surface area contributed by atoms with Crippen molar-refractivity contribution in [3.05, 3.63) is 16.9 Å². The first-order valence-corrected chi connectivity index (χ1v) is 7.50. The molecule has 0 bridgehead atoms. The fourth-order valence-corrected chi connectivity index (χ4v) is 3.56. The number of anilines is 2. The maximum atomic E-state index is 6.06. The first-order chi connectivity index (χ1) is 9.25. The number of rotatable bonds is 2. The van der Waals surface area contributed by atoms with Crippen LogP contribution in [0, 0.1) is 0 Å². The van der Waals surface area contributed by atoms with E-state index in [4.69, 9.17) is 10.5 Å². The summed E-state index contributed by atoms with van der Waals surface area (Å²) in [7, 11) is 0. The van der Waals surface area contributed by atoms with Crippen LogP contribution in [0.2, 0.25) is 0 Å². The molecule has 19 heavy (non-hydrogen) atoms. The second-order valence-electron chi connectivity index (χ2n) is 5.10. The van der Waals surface area contributed by atoms with E-state index in [9.17, 15) is 0 Å². The smallest absolute Gasteiger partial charge is 0.0776 e. The van der Waals surface area contributed by atoms with Crippen molar-refractivity contribution in [1.29, 1.82) is 0 Å². The monoisotopic (exact) mass is 326 g/mol. The molecule has 2 aliphatic heterocycles. The molecular weight excluding hydrogens is 308 g/mol. The fraction of sp³-hybridized carbons (Fsp3) is 0.615. The Morgan fingerprint density at radius 2 is 2.05 bits per heavy atom. The molecule has 5 nitrogen and oxygen atoms in total. The summed E-state index contributed by atoms with van der Waals surface area (Å²) >= 11 is 3.56. The van der Waals surface area contributed by atoms with Crippen molar-refractivity contribution in [2.24, 2.45) is 0 Å². The molecule has 2 N–H and O–H groups in total. The van der Waals surface area contributed by atoms with Gasteiger partial charge in [-0.2, -0.15) is 0 Å². The normalized spacial score (nSPS) is 24.9. The largest absolute Gasteiger partial charge is 0.396 e. The third kappa shape index (κ3) is 2.70. The number of hydrogen-bond donors (Lipinski definition) is 1. The zero-order chi connectivity index (χ0) is 13.2. The minimum absolute atomic E-state index is 0.614. The number of hydrogen-bond acceptors (Lipinski definition) is 5. The van der Waals surface area contributed by atoms with Gasteiger partial charge in [-0.15, -0.1) is 0 Å². The molecule has 6 heteroatoms. The van der Waals surface area contributed by atoms with Crippen molar-refractivity contribution in [3.8, 4) is 0 Å². The highest BCUT2D eigenvalue weighted by Gasteiger charge is 2.30. The van der Waals surface area contributed by atoms with Crippen molar-refractivity contribution in [1.82, 2.24) is 9.88 Å². The van der Waals surface area contributed by atoms with E-state index in [1.54, 1.807) is 6.20 Å². The van der Waals surface area contributed by atoms with Gasteiger partial charge < -0.3 is 15.4 Å². The summed E-state index contributed by atoms with van der Waals surface area (Å²) in [5.74, 6) is 0. The van der Waals surface area contributed by atoms with Crippen molar-refractivity contribution in [3.63, 3.8) is 0 Å². The Hall–Kier alpha value is -0.850. The van der Waals surface area contributed by atoms with Crippen LogP contribution >= 0.6 is 15.9 Å². The van der Waals surface area contributed by atoms with Gasteiger partial charge in [-0.1, -0.05) is 0 Å². The van der Waals surface area contributed by atoms with Gasteiger partial charge in [0.05, 0.1) is 35.3 Å². The molecule has 0 amide bonds. The predicted molar refractivity (Wildman–Crippen MR) is 79.4 cm³/mol. The highest BCUT2D eigenvalue weighted by atomic mass is 79.9. The molecule has 0 aromatic carbocycles. The lowest BCUT2D eigenvalue weighted by molar-refractivity contribution is 0.0209. The Bertz CT molecular complexity index is 430. The number of aromatic nitrogens is 1. The summed E-state index contributed by atoms with van der Waals surface area (Å²) in [4.78, 5) is 9.00. The van der Waals surface area contributed by atoms with E-state index in [0.29, 0.717) is 6.04 Å². The summed E-state index contributed by atoms with van der Waals surface area (Å²) in [5, 5.41) is 0. The van der Waals surface area contributed by atoms with Crippen molar-refractivity contribution in [2.45, 2.75) is 12.5 Å². The average molecular weight is 327 g/mol. The van der Waals surface area contributed by atoms with Crippen LogP contribution in [0.15, 0.2) is 16.9 Å². The number of nitrogen functional groups attached to an aromatic ring is 1. The maximum Gasteiger partial charge on any atom is 0.0776 e. The number of morpholine rings is 1. The van der Waals surface area contributed by atoms with Crippen LogP contribution in [0.3, 0.4) is 0 Å². The molecule has 3 rings (SSSR count). The number of ether oxygens (including phenoxy) is 1. The van der Waals surface area contributed by atoms with Crippen LogP contribution in [0.1, 0.15) is 6.42 Å². The highest BCUT2D eigenvalue weighted by Crippen LogP contribution is 2.34. The topological polar surface area (TPSA) is 54.6 Å². The molecule has 2 fully saturated rings. The van der Waals surface area contributed by atoms with E-state index in [-0.39, 0.29) is 0 Å². The number of nitrogens with two attached hydrogens (primary N) is 1. The molecule has 104 valence electrons. The van der Waals surface area contributed by atoms with E-state index in [1.807, 2.05) is 6.20 Å². The van der Waals surface area contributed by atoms with Gasteiger partial charge in [-0.05, 0) is 22.4 Å². The molecule has 0 spiro atoms. The van der Waals surface area contributed by atoms with Gasteiger partial charge in [-0.3, -0.25) is 9.88 Å². The zero-order valence-electron chi connectivity index (χ0n) is 10.9. The minimum atomic E-state index is 0.614. The fourth-order valence-electron chi connectivity index (χ4n) is 2.96. The zero-order valence-corrected chi connectivity index (χ0v) is 12.5. The first-order valence-electron chi connectivity index (χ1n) is 6.71. The summed E-state index contributed by atoms with van der Waals surface area (Å²) in [5.41, 5.74) is 7.89. The Labute approximate surface area is 121 Å². The predicted octanol–water partition coefficient (Wildman–Crippen LogP) is 1.34. The molecule has 1 atom stereocenters. The number of nitrogens with zero attached hydrogens (tertiary/aromatic N) is 3. The molecule has 1 aromatic heterocycles. The lowest BCUT2D eigenvalue weighted by Crippen LogP contribution is -2.44. The molecular formula is C13H19BrN4O. The van der Waals surface area contributed by atoms with Crippen LogP contribution in [0.4, 0.5) is 11.4 Å². The van der Waals surface area contributed by atoms with Crippen molar-refractivity contribution in [2.75, 3.05) is 50.0 Å². The first kappa shape index (κ1) is 13.1. The third-order valence-corrected chi connectivity index (χ3v) is 4.52. The molecule has 0 aliphatic carbocycles. The second-order valence-corrected chi connectivity index (χ2v) is 5.95. The lowest BCUT2D eigenvalue weighted by atomic mass is 10.2. The molecule has 1 unspecified atom stereocenters. The van der Waals surface area contributed by atoms with Crippen molar-refractivity contribution < 1.29 is 4.74 Å². The van der Waals surface area contributed by atoms with Gasteiger partial charge in [0, 0.05) is 38.4 Å². The highest BCUT2D eigenvalue weighted by molar-refractivity contribution is 9.10. The van der Waals surface area contributed by atoms with Crippen LogP contribution < -0.4 is 10.6 Å². The summed E-state index contributed by atoms with van der Waals surface area (Å²) < 4.78 is 6.40. The summed E-state index contributed by atoms with van der Waals surface area (Å²) in [6.45, 7) is 5.90. The third-order valence-electron chi connectivity index (χ3n) is 3.94. The number of halogens is 1. The van der Waals surface area contributed by atoms with Gasteiger partial charge in [-0.25, -0.2) is 0 Å². The second kappa shape index (κ2) is 5.64. The van der Waals surface area contributed by atoms with Crippen molar-refractivity contribution >= 4 is 27.3 Å².